The van der Waals surface area contributed by atoms with E-state index in [0.717, 1.165) is 0 Å². The minimum atomic E-state index is -0.907. The van der Waals surface area contributed by atoms with Crippen molar-refractivity contribution in [1.29, 1.82) is 0 Å². The van der Waals surface area contributed by atoms with Crippen LogP contribution >= 0.6 is 11.6 Å². The van der Waals surface area contributed by atoms with Crippen LogP contribution < -0.4 is 4.74 Å². The summed E-state index contributed by atoms with van der Waals surface area (Å²) in [6.07, 6.45) is -0.664. The van der Waals surface area contributed by atoms with Crippen molar-refractivity contribution < 1.29 is 14.9 Å². The zero-order chi connectivity index (χ0) is 13.9. The molecule has 0 radical (unpaired) electrons. The van der Waals surface area contributed by atoms with E-state index in [1.54, 1.807) is 32.0 Å². The molecule has 0 aliphatic heterocycles. The Morgan fingerprint density at radius 2 is 1.94 bits per heavy atom. The lowest BCUT2D eigenvalue weighted by Gasteiger charge is -2.28. The number of benzene rings is 1. The van der Waals surface area contributed by atoms with Gasteiger partial charge in [0.1, 0.15) is 12.4 Å². The summed E-state index contributed by atoms with van der Waals surface area (Å²) in [5.74, 6) is 0.634. The molecule has 18 heavy (non-hydrogen) atoms. The van der Waals surface area contributed by atoms with Gasteiger partial charge in [-0.05, 0) is 38.0 Å². The molecule has 1 rings (SSSR count). The van der Waals surface area contributed by atoms with Crippen molar-refractivity contribution in [2.24, 2.45) is 5.92 Å². The average molecular weight is 273 g/mol. The molecular formula is C14H21ClO3. The molecule has 1 aromatic rings. The Kier molecular flexibility index (Phi) is 5.02. The van der Waals surface area contributed by atoms with E-state index in [4.69, 9.17) is 16.3 Å². The predicted octanol–water partition coefficient (Wildman–Crippen LogP) is 3.18. The second-order valence-corrected chi connectivity index (χ2v) is 5.60. The topological polar surface area (TPSA) is 49.7 Å². The molecule has 0 aromatic heterocycles. The highest BCUT2D eigenvalue weighted by atomic mass is 35.5. The first-order valence-corrected chi connectivity index (χ1v) is 6.44. The van der Waals surface area contributed by atoms with Crippen LogP contribution in [0.25, 0.3) is 0 Å². The summed E-state index contributed by atoms with van der Waals surface area (Å²) in [6.45, 7) is 7.42. The predicted molar refractivity (Wildman–Crippen MR) is 73.0 cm³/mol. The van der Waals surface area contributed by atoms with Gasteiger partial charge >= 0.3 is 0 Å². The fraction of sp³-hybridized carbons (Fsp3) is 0.571. The number of hydrogen-bond acceptors (Lipinski definition) is 3. The molecule has 0 amide bonds. The summed E-state index contributed by atoms with van der Waals surface area (Å²) in [7, 11) is 0. The first kappa shape index (κ1) is 15.3. The SMILES string of the molecule is CC(C)C(C)(O)COc1ccc(Cl)cc1[C@@H](C)O. The van der Waals surface area contributed by atoms with E-state index in [1.165, 1.54) is 0 Å². The molecule has 0 aliphatic rings. The normalized spacial score (nSPS) is 16.4. The number of aliphatic hydroxyl groups is 2. The highest BCUT2D eigenvalue weighted by molar-refractivity contribution is 6.30. The Hall–Kier alpha value is -0.770. The molecule has 1 unspecified atom stereocenters. The van der Waals surface area contributed by atoms with Crippen LogP contribution in [0, 0.1) is 5.92 Å². The van der Waals surface area contributed by atoms with Crippen molar-refractivity contribution in [2.45, 2.75) is 39.4 Å². The van der Waals surface area contributed by atoms with Gasteiger partial charge in [0.25, 0.3) is 0 Å². The molecular weight excluding hydrogens is 252 g/mol. The zero-order valence-corrected chi connectivity index (χ0v) is 12.0. The highest BCUT2D eigenvalue weighted by Gasteiger charge is 2.26. The monoisotopic (exact) mass is 272 g/mol. The molecule has 102 valence electrons. The summed E-state index contributed by atoms with van der Waals surface area (Å²) in [6, 6.07) is 5.08. The van der Waals surface area contributed by atoms with Crippen molar-refractivity contribution in [3.8, 4) is 5.75 Å². The molecule has 0 saturated heterocycles. The molecule has 2 N–H and O–H groups in total. The molecule has 0 bridgehead atoms. The first-order chi connectivity index (χ1) is 8.24. The van der Waals surface area contributed by atoms with E-state index in [2.05, 4.69) is 0 Å². The van der Waals surface area contributed by atoms with Crippen molar-refractivity contribution >= 4 is 11.6 Å². The van der Waals surface area contributed by atoms with Gasteiger partial charge < -0.3 is 14.9 Å². The molecule has 3 nitrogen and oxygen atoms in total. The summed E-state index contributed by atoms with van der Waals surface area (Å²) >= 11 is 5.89. The molecule has 1 aromatic carbocycles. The lowest BCUT2D eigenvalue weighted by atomic mass is 9.94. The number of hydrogen-bond donors (Lipinski definition) is 2. The third kappa shape index (κ3) is 3.87. The summed E-state index contributed by atoms with van der Waals surface area (Å²) in [5.41, 5.74) is -0.280. The lowest BCUT2D eigenvalue weighted by Crippen LogP contribution is -2.38. The van der Waals surface area contributed by atoms with E-state index in [9.17, 15) is 10.2 Å². The largest absolute Gasteiger partial charge is 0.490 e. The van der Waals surface area contributed by atoms with Gasteiger partial charge in [-0.15, -0.1) is 0 Å². The Labute approximate surface area is 113 Å². The quantitative estimate of drug-likeness (QED) is 0.866. The van der Waals surface area contributed by atoms with Gasteiger partial charge in [-0.3, -0.25) is 0 Å². The van der Waals surface area contributed by atoms with Gasteiger partial charge in [0, 0.05) is 10.6 Å². The maximum atomic E-state index is 10.1. The lowest BCUT2D eigenvalue weighted by molar-refractivity contribution is -0.0273. The van der Waals surface area contributed by atoms with Crippen LogP contribution in [0.2, 0.25) is 5.02 Å². The number of aliphatic hydroxyl groups excluding tert-OH is 1. The van der Waals surface area contributed by atoms with E-state index < -0.39 is 11.7 Å². The van der Waals surface area contributed by atoms with Crippen LogP contribution in [0.4, 0.5) is 0 Å². The maximum absolute atomic E-state index is 10.1. The molecule has 0 aliphatic carbocycles. The van der Waals surface area contributed by atoms with Crippen molar-refractivity contribution in [3.05, 3.63) is 28.8 Å². The number of rotatable bonds is 5. The van der Waals surface area contributed by atoms with Crippen LogP contribution in [0.5, 0.6) is 5.75 Å². The summed E-state index contributed by atoms with van der Waals surface area (Å²) in [4.78, 5) is 0. The summed E-state index contributed by atoms with van der Waals surface area (Å²) < 4.78 is 5.61. The van der Waals surface area contributed by atoms with Crippen LogP contribution in [0.3, 0.4) is 0 Å². The first-order valence-electron chi connectivity index (χ1n) is 6.06. The highest BCUT2D eigenvalue weighted by Crippen LogP contribution is 2.29. The smallest absolute Gasteiger partial charge is 0.125 e. The Bertz CT molecular complexity index is 400. The van der Waals surface area contributed by atoms with E-state index in [1.807, 2.05) is 13.8 Å². The van der Waals surface area contributed by atoms with Gasteiger partial charge in [-0.25, -0.2) is 0 Å². The fourth-order valence-corrected chi connectivity index (χ4v) is 1.55. The van der Waals surface area contributed by atoms with Crippen LogP contribution in [0.1, 0.15) is 39.4 Å². The Morgan fingerprint density at radius 1 is 1.33 bits per heavy atom. The van der Waals surface area contributed by atoms with E-state index in [-0.39, 0.29) is 12.5 Å². The molecule has 0 saturated carbocycles. The van der Waals surface area contributed by atoms with Crippen LogP contribution in [0.15, 0.2) is 18.2 Å². The van der Waals surface area contributed by atoms with Crippen LogP contribution in [-0.4, -0.2) is 22.4 Å². The molecule has 2 atom stereocenters. The maximum Gasteiger partial charge on any atom is 0.125 e. The van der Waals surface area contributed by atoms with Gasteiger partial charge in [-0.1, -0.05) is 25.4 Å². The van der Waals surface area contributed by atoms with Gasteiger partial charge in [0.05, 0.1) is 11.7 Å². The molecule has 0 fully saturated rings. The molecule has 0 heterocycles. The average Bonchev–Trinajstić information content (AvgIpc) is 2.27. The van der Waals surface area contributed by atoms with Crippen molar-refractivity contribution in [1.82, 2.24) is 0 Å². The van der Waals surface area contributed by atoms with Crippen molar-refractivity contribution in [2.75, 3.05) is 6.61 Å². The zero-order valence-electron chi connectivity index (χ0n) is 11.3. The van der Waals surface area contributed by atoms with Crippen LogP contribution in [-0.2, 0) is 0 Å². The Morgan fingerprint density at radius 3 is 2.44 bits per heavy atom. The van der Waals surface area contributed by atoms with Gasteiger partial charge in [0.2, 0.25) is 0 Å². The van der Waals surface area contributed by atoms with Gasteiger partial charge in [-0.2, -0.15) is 0 Å². The summed E-state index contributed by atoms with van der Waals surface area (Å²) in [5, 5.41) is 20.3. The third-order valence-corrected chi connectivity index (χ3v) is 3.42. The molecule has 4 heteroatoms. The van der Waals surface area contributed by atoms with Gasteiger partial charge in [0.15, 0.2) is 0 Å². The van der Waals surface area contributed by atoms with Crippen molar-refractivity contribution in [3.63, 3.8) is 0 Å². The standard InChI is InChI=1S/C14H21ClO3/c1-9(2)14(4,17)8-18-13-6-5-11(15)7-12(13)10(3)16/h5-7,9-10,16-17H,8H2,1-4H3/t10-,14?/m1/s1. The second kappa shape index (κ2) is 5.91. The minimum absolute atomic E-state index is 0.0831. The Balaban J connectivity index is 2.85. The molecule has 0 spiro atoms. The third-order valence-electron chi connectivity index (χ3n) is 3.19. The van der Waals surface area contributed by atoms with E-state index in [0.29, 0.717) is 16.3 Å². The second-order valence-electron chi connectivity index (χ2n) is 5.16. The van der Waals surface area contributed by atoms with E-state index >= 15 is 0 Å². The number of ether oxygens (including phenoxy) is 1. The number of halogens is 1. The fourth-order valence-electron chi connectivity index (χ4n) is 1.37. The minimum Gasteiger partial charge on any atom is -0.490 e.